The number of methoxy groups -OCH3 is 1. The molecular formula is C16H21F3N4OS. The largest absolute Gasteiger partial charge is 0.435 e. The number of alkyl halides is 3. The number of thiazole rings is 1. The summed E-state index contributed by atoms with van der Waals surface area (Å²) in [7, 11) is 1.66. The van der Waals surface area contributed by atoms with Gasteiger partial charge in [-0.2, -0.15) is 18.3 Å². The van der Waals surface area contributed by atoms with E-state index in [-0.39, 0.29) is 12.1 Å². The van der Waals surface area contributed by atoms with Crippen molar-refractivity contribution in [2.45, 2.75) is 44.6 Å². The first-order chi connectivity index (χ1) is 11.9. The normalized spacial score (nSPS) is 18.6. The lowest BCUT2D eigenvalue weighted by Crippen LogP contribution is -2.34. The number of piperidine rings is 1. The average Bonchev–Trinajstić information content (AvgIpc) is 3.24. The predicted octanol–water partition coefficient (Wildman–Crippen LogP) is 3.90. The summed E-state index contributed by atoms with van der Waals surface area (Å²) >= 11 is 1.59. The van der Waals surface area contributed by atoms with E-state index in [1.165, 1.54) is 10.9 Å². The second-order valence-electron chi connectivity index (χ2n) is 6.24. The third kappa shape index (κ3) is 4.39. The maximum absolute atomic E-state index is 12.7. The van der Waals surface area contributed by atoms with E-state index >= 15 is 0 Å². The fraction of sp³-hybridized carbons (Fsp3) is 0.625. The zero-order valence-electron chi connectivity index (χ0n) is 14.2. The number of aromatic nitrogens is 3. The summed E-state index contributed by atoms with van der Waals surface area (Å²) in [5, 5.41) is 6.70. The van der Waals surface area contributed by atoms with E-state index in [9.17, 15) is 13.2 Å². The molecule has 2 aromatic heterocycles. The van der Waals surface area contributed by atoms with E-state index in [4.69, 9.17) is 4.74 Å². The molecule has 138 valence electrons. The minimum atomic E-state index is -4.38. The number of halogens is 3. The van der Waals surface area contributed by atoms with Crippen LogP contribution in [-0.2, 0) is 17.5 Å². The van der Waals surface area contributed by atoms with Crippen molar-refractivity contribution in [3.63, 3.8) is 0 Å². The first-order valence-corrected chi connectivity index (χ1v) is 9.06. The summed E-state index contributed by atoms with van der Waals surface area (Å²) in [6.45, 7) is 4.36. The van der Waals surface area contributed by atoms with Gasteiger partial charge in [-0.15, -0.1) is 11.3 Å². The molecule has 0 bridgehead atoms. The Balaban J connectivity index is 1.53. The van der Waals surface area contributed by atoms with Crippen LogP contribution in [0.4, 0.5) is 13.2 Å². The Hall–Kier alpha value is -1.45. The van der Waals surface area contributed by atoms with Gasteiger partial charge in [-0.25, -0.2) is 4.98 Å². The Bertz CT molecular complexity index is 692. The molecule has 1 aliphatic heterocycles. The predicted molar refractivity (Wildman–Crippen MR) is 88.3 cm³/mol. The molecule has 3 rings (SSSR count). The molecule has 3 heterocycles. The van der Waals surface area contributed by atoms with Gasteiger partial charge < -0.3 is 4.74 Å². The molecule has 1 saturated heterocycles. The van der Waals surface area contributed by atoms with E-state index in [0.717, 1.165) is 49.2 Å². The highest BCUT2D eigenvalue weighted by Crippen LogP contribution is 2.30. The Morgan fingerprint density at radius 2 is 2.08 bits per heavy atom. The summed E-state index contributed by atoms with van der Waals surface area (Å²) in [4.78, 5) is 6.87. The van der Waals surface area contributed by atoms with Gasteiger partial charge in [-0.3, -0.25) is 9.58 Å². The minimum Gasteiger partial charge on any atom is -0.375 e. The summed E-state index contributed by atoms with van der Waals surface area (Å²) in [6, 6.07) is 1.06. The van der Waals surface area contributed by atoms with Crippen molar-refractivity contribution < 1.29 is 17.9 Å². The second kappa shape index (κ2) is 7.43. The number of likely N-dealkylation sites (tertiary alicyclic amines) is 1. The van der Waals surface area contributed by atoms with Crippen molar-refractivity contribution in [2.75, 3.05) is 20.2 Å². The number of nitrogens with zero attached hydrogens (tertiary/aromatic N) is 4. The Morgan fingerprint density at radius 1 is 1.36 bits per heavy atom. The third-order valence-corrected chi connectivity index (χ3v) is 5.54. The molecule has 25 heavy (non-hydrogen) atoms. The molecule has 0 aliphatic carbocycles. The first kappa shape index (κ1) is 18.3. The van der Waals surface area contributed by atoms with Crippen molar-refractivity contribution in [1.82, 2.24) is 19.7 Å². The molecule has 5 nitrogen and oxygen atoms in total. The second-order valence-corrected chi connectivity index (χ2v) is 7.13. The van der Waals surface area contributed by atoms with Crippen LogP contribution in [0, 0.1) is 0 Å². The van der Waals surface area contributed by atoms with Crippen molar-refractivity contribution in [3.05, 3.63) is 34.0 Å². The fourth-order valence-corrected chi connectivity index (χ4v) is 3.79. The van der Waals surface area contributed by atoms with Gasteiger partial charge in [0.25, 0.3) is 0 Å². The Kier molecular flexibility index (Phi) is 5.45. The van der Waals surface area contributed by atoms with Gasteiger partial charge in [0.15, 0.2) is 5.69 Å². The standard InChI is InChI=1S/C16H21F3N4OS/c1-11(24-2)15-20-12(10-25-15)9-22-6-3-13(4-7-22)23-8-5-14(21-23)16(17,18)19/h5,8,10-11,13H,3-4,6-7,9H2,1-2H3. The molecule has 9 heteroatoms. The van der Waals surface area contributed by atoms with Crippen LogP contribution in [-0.4, -0.2) is 39.9 Å². The molecule has 1 unspecified atom stereocenters. The van der Waals surface area contributed by atoms with Crippen molar-refractivity contribution in [2.24, 2.45) is 0 Å². The number of hydrogen-bond acceptors (Lipinski definition) is 5. The summed E-state index contributed by atoms with van der Waals surface area (Å²) in [6.07, 6.45) is -1.39. The highest BCUT2D eigenvalue weighted by Gasteiger charge is 2.34. The van der Waals surface area contributed by atoms with Gasteiger partial charge in [0.2, 0.25) is 0 Å². The maximum atomic E-state index is 12.7. The van der Waals surface area contributed by atoms with E-state index in [2.05, 4.69) is 15.0 Å². The monoisotopic (exact) mass is 374 g/mol. The number of hydrogen-bond donors (Lipinski definition) is 0. The SMILES string of the molecule is COC(C)c1nc(CN2CCC(n3ccc(C(F)(F)F)n3)CC2)cs1. The van der Waals surface area contributed by atoms with Gasteiger partial charge in [0.1, 0.15) is 11.1 Å². The van der Waals surface area contributed by atoms with Crippen molar-refractivity contribution in [3.8, 4) is 0 Å². The zero-order valence-corrected chi connectivity index (χ0v) is 15.0. The topological polar surface area (TPSA) is 43.2 Å². The molecular weight excluding hydrogens is 353 g/mol. The van der Waals surface area contributed by atoms with Gasteiger partial charge in [0.05, 0.1) is 11.7 Å². The molecule has 1 aliphatic rings. The van der Waals surface area contributed by atoms with Gasteiger partial charge in [0, 0.05) is 38.3 Å². The molecule has 0 radical (unpaired) electrons. The quantitative estimate of drug-likeness (QED) is 0.796. The van der Waals surface area contributed by atoms with E-state index < -0.39 is 11.9 Å². The van der Waals surface area contributed by atoms with Crippen LogP contribution in [0.2, 0.25) is 0 Å². The Labute approximate surface area is 148 Å². The van der Waals surface area contributed by atoms with Gasteiger partial charge in [-0.05, 0) is 25.8 Å². The van der Waals surface area contributed by atoms with Crippen LogP contribution in [0.3, 0.4) is 0 Å². The molecule has 1 atom stereocenters. The van der Waals surface area contributed by atoms with Crippen LogP contribution in [0.15, 0.2) is 17.6 Å². The molecule has 2 aromatic rings. The van der Waals surface area contributed by atoms with Crippen LogP contribution < -0.4 is 0 Å². The van der Waals surface area contributed by atoms with Gasteiger partial charge >= 0.3 is 6.18 Å². The summed E-state index contributed by atoms with van der Waals surface area (Å²) < 4.78 is 44.7. The number of rotatable bonds is 5. The summed E-state index contributed by atoms with van der Waals surface area (Å²) in [5.74, 6) is 0. The van der Waals surface area contributed by atoms with Crippen molar-refractivity contribution >= 4 is 11.3 Å². The van der Waals surface area contributed by atoms with Crippen LogP contribution in [0.25, 0.3) is 0 Å². The van der Waals surface area contributed by atoms with E-state index in [0.29, 0.717) is 0 Å². The molecule has 0 saturated carbocycles. The smallest absolute Gasteiger partial charge is 0.375 e. The molecule has 0 aromatic carbocycles. The zero-order chi connectivity index (χ0) is 18.0. The lowest BCUT2D eigenvalue weighted by molar-refractivity contribution is -0.141. The number of ether oxygens (including phenoxy) is 1. The lowest BCUT2D eigenvalue weighted by atomic mass is 10.1. The van der Waals surface area contributed by atoms with Crippen LogP contribution >= 0.6 is 11.3 Å². The average molecular weight is 374 g/mol. The van der Waals surface area contributed by atoms with Crippen LogP contribution in [0.5, 0.6) is 0 Å². The van der Waals surface area contributed by atoms with Crippen molar-refractivity contribution in [1.29, 1.82) is 0 Å². The summed E-state index contributed by atoms with van der Waals surface area (Å²) in [5.41, 5.74) is 0.193. The van der Waals surface area contributed by atoms with E-state index in [1.807, 2.05) is 12.3 Å². The maximum Gasteiger partial charge on any atom is 0.435 e. The fourth-order valence-electron chi connectivity index (χ4n) is 2.95. The third-order valence-electron chi connectivity index (χ3n) is 4.49. The Morgan fingerprint density at radius 3 is 2.68 bits per heavy atom. The van der Waals surface area contributed by atoms with Crippen LogP contribution in [0.1, 0.15) is 48.3 Å². The highest BCUT2D eigenvalue weighted by molar-refractivity contribution is 7.09. The first-order valence-electron chi connectivity index (χ1n) is 8.18. The molecule has 0 amide bonds. The minimum absolute atomic E-state index is 0.00729. The van der Waals surface area contributed by atoms with E-state index in [1.54, 1.807) is 18.4 Å². The van der Waals surface area contributed by atoms with Gasteiger partial charge in [-0.1, -0.05) is 0 Å². The molecule has 0 N–H and O–H groups in total. The molecule has 1 fully saturated rings. The lowest BCUT2D eigenvalue weighted by Gasteiger charge is -2.31. The highest BCUT2D eigenvalue weighted by atomic mass is 32.1. The molecule has 0 spiro atoms.